The smallest absolute Gasteiger partial charge is 0.119 e. The molecule has 0 unspecified atom stereocenters. The first-order valence-corrected chi connectivity index (χ1v) is 10.2. The van der Waals surface area contributed by atoms with Gasteiger partial charge >= 0.3 is 0 Å². The molecular formula is C24H32N2O3. The fourth-order valence-corrected chi connectivity index (χ4v) is 3.81. The lowest BCUT2D eigenvalue weighted by Gasteiger charge is -2.41. The second-order valence-corrected chi connectivity index (χ2v) is 7.42. The van der Waals surface area contributed by atoms with Gasteiger partial charge in [-0.3, -0.25) is 9.80 Å². The Morgan fingerprint density at radius 1 is 1.03 bits per heavy atom. The molecule has 0 radical (unpaired) electrons. The number of hydrogen-bond donors (Lipinski definition) is 1. The molecule has 0 aliphatic carbocycles. The van der Waals surface area contributed by atoms with Gasteiger partial charge in [0.05, 0.1) is 14.2 Å². The fourth-order valence-electron chi connectivity index (χ4n) is 3.81. The quantitative estimate of drug-likeness (QED) is 0.705. The Balaban J connectivity index is 1.55. The average molecular weight is 397 g/mol. The molecule has 1 aliphatic rings. The summed E-state index contributed by atoms with van der Waals surface area (Å²) < 4.78 is 10.6. The Bertz CT molecular complexity index is 776. The van der Waals surface area contributed by atoms with Crippen molar-refractivity contribution in [1.82, 2.24) is 9.80 Å². The van der Waals surface area contributed by atoms with Gasteiger partial charge in [0.25, 0.3) is 0 Å². The molecule has 29 heavy (non-hydrogen) atoms. The van der Waals surface area contributed by atoms with Crippen LogP contribution in [0.2, 0.25) is 0 Å². The molecule has 0 amide bonds. The van der Waals surface area contributed by atoms with E-state index in [1.165, 1.54) is 11.1 Å². The molecule has 1 saturated heterocycles. The number of aliphatic hydroxyl groups is 1. The van der Waals surface area contributed by atoms with E-state index in [0.717, 1.165) is 50.6 Å². The molecule has 156 valence electrons. The minimum atomic E-state index is 0.217. The van der Waals surface area contributed by atoms with Crippen LogP contribution in [-0.2, 0) is 6.54 Å². The molecule has 1 atom stereocenters. The molecule has 1 aliphatic heterocycles. The molecule has 5 heteroatoms. The Kier molecular flexibility index (Phi) is 8.11. The molecule has 3 rings (SSSR count). The summed E-state index contributed by atoms with van der Waals surface area (Å²) in [7, 11) is 3.38. The maximum Gasteiger partial charge on any atom is 0.119 e. The van der Waals surface area contributed by atoms with Crippen molar-refractivity contribution in [2.45, 2.75) is 19.0 Å². The minimum Gasteiger partial charge on any atom is -0.497 e. The zero-order valence-corrected chi connectivity index (χ0v) is 17.5. The summed E-state index contributed by atoms with van der Waals surface area (Å²) in [6.45, 7) is 5.02. The van der Waals surface area contributed by atoms with Gasteiger partial charge in [-0.2, -0.15) is 0 Å². The first-order valence-electron chi connectivity index (χ1n) is 10.2. The third-order valence-corrected chi connectivity index (χ3v) is 5.46. The van der Waals surface area contributed by atoms with Crippen LogP contribution in [0.25, 0.3) is 6.08 Å². The summed E-state index contributed by atoms with van der Waals surface area (Å²) in [6.07, 6.45) is 5.17. The van der Waals surface area contributed by atoms with Gasteiger partial charge in [0, 0.05) is 45.4 Å². The molecule has 1 N–H and O–H groups in total. The van der Waals surface area contributed by atoms with E-state index < -0.39 is 0 Å². The summed E-state index contributed by atoms with van der Waals surface area (Å²) in [5.74, 6) is 1.77. The topological polar surface area (TPSA) is 45.2 Å². The zero-order chi connectivity index (χ0) is 20.5. The van der Waals surface area contributed by atoms with Gasteiger partial charge in [-0.1, -0.05) is 36.4 Å². The number of piperazine rings is 1. The van der Waals surface area contributed by atoms with Crippen molar-refractivity contribution in [2.24, 2.45) is 0 Å². The van der Waals surface area contributed by atoms with E-state index in [9.17, 15) is 5.11 Å². The van der Waals surface area contributed by atoms with Crippen LogP contribution in [0.15, 0.2) is 54.6 Å². The van der Waals surface area contributed by atoms with E-state index >= 15 is 0 Å². The highest BCUT2D eigenvalue weighted by atomic mass is 16.5. The van der Waals surface area contributed by atoms with E-state index in [1.54, 1.807) is 14.2 Å². The normalized spacial score (nSPS) is 18.2. The highest BCUT2D eigenvalue weighted by molar-refractivity contribution is 5.50. The SMILES string of the molecule is COc1ccc(/C=C/CN2CCN(Cc3cccc(OC)c3)[C@@H](CCO)C2)cc1. The monoisotopic (exact) mass is 396 g/mol. The van der Waals surface area contributed by atoms with Gasteiger partial charge in [-0.05, 0) is 41.8 Å². The van der Waals surface area contributed by atoms with E-state index in [-0.39, 0.29) is 6.61 Å². The second kappa shape index (κ2) is 11.0. The minimum absolute atomic E-state index is 0.217. The van der Waals surface area contributed by atoms with E-state index in [2.05, 4.69) is 46.2 Å². The highest BCUT2D eigenvalue weighted by Crippen LogP contribution is 2.20. The molecule has 0 aromatic heterocycles. The van der Waals surface area contributed by atoms with Crippen LogP contribution in [0.1, 0.15) is 17.5 Å². The number of methoxy groups -OCH3 is 2. The van der Waals surface area contributed by atoms with Crippen LogP contribution in [0, 0.1) is 0 Å². The van der Waals surface area contributed by atoms with Crippen LogP contribution in [0.5, 0.6) is 11.5 Å². The summed E-state index contributed by atoms with van der Waals surface area (Å²) in [6, 6.07) is 16.7. The van der Waals surface area contributed by atoms with Crippen LogP contribution < -0.4 is 9.47 Å². The molecule has 2 aromatic rings. The molecule has 0 bridgehead atoms. The van der Waals surface area contributed by atoms with Crippen molar-refractivity contribution in [3.63, 3.8) is 0 Å². The van der Waals surface area contributed by atoms with E-state index in [1.807, 2.05) is 24.3 Å². The van der Waals surface area contributed by atoms with Crippen molar-refractivity contribution >= 4 is 6.08 Å². The van der Waals surface area contributed by atoms with Gasteiger partial charge in [0.15, 0.2) is 0 Å². The van der Waals surface area contributed by atoms with Crippen LogP contribution in [-0.4, -0.2) is 68.0 Å². The lowest BCUT2D eigenvalue weighted by molar-refractivity contribution is 0.0596. The van der Waals surface area contributed by atoms with Gasteiger partial charge in [0.1, 0.15) is 11.5 Å². The number of rotatable bonds is 9. The van der Waals surface area contributed by atoms with Gasteiger partial charge in [0.2, 0.25) is 0 Å². The first-order chi connectivity index (χ1) is 14.2. The molecule has 0 saturated carbocycles. The predicted octanol–water partition coefficient (Wildman–Crippen LogP) is 3.29. The van der Waals surface area contributed by atoms with Crippen molar-refractivity contribution < 1.29 is 14.6 Å². The fraction of sp³-hybridized carbons (Fsp3) is 0.417. The van der Waals surface area contributed by atoms with Gasteiger partial charge in [-0.25, -0.2) is 0 Å². The summed E-state index contributed by atoms with van der Waals surface area (Å²) in [4.78, 5) is 4.94. The van der Waals surface area contributed by atoms with Crippen LogP contribution in [0.3, 0.4) is 0 Å². The van der Waals surface area contributed by atoms with Crippen molar-refractivity contribution in [1.29, 1.82) is 0 Å². The summed E-state index contributed by atoms with van der Waals surface area (Å²) in [5, 5.41) is 9.55. The Morgan fingerprint density at radius 2 is 1.83 bits per heavy atom. The Morgan fingerprint density at radius 3 is 2.55 bits per heavy atom. The summed E-state index contributed by atoms with van der Waals surface area (Å²) >= 11 is 0. The van der Waals surface area contributed by atoms with E-state index in [0.29, 0.717) is 6.04 Å². The molecular weight excluding hydrogens is 364 g/mol. The van der Waals surface area contributed by atoms with Crippen molar-refractivity contribution in [3.8, 4) is 11.5 Å². The predicted molar refractivity (Wildman–Crippen MR) is 117 cm³/mol. The van der Waals surface area contributed by atoms with Crippen molar-refractivity contribution in [3.05, 3.63) is 65.7 Å². The zero-order valence-electron chi connectivity index (χ0n) is 17.5. The number of aliphatic hydroxyl groups excluding tert-OH is 1. The maximum atomic E-state index is 9.55. The summed E-state index contributed by atoms with van der Waals surface area (Å²) in [5.41, 5.74) is 2.43. The lowest BCUT2D eigenvalue weighted by atomic mass is 10.1. The Labute approximate surface area is 174 Å². The number of hydrogen-bond acceptors (Lipinski definition) is 5. The number of nitrogens with zero attached hydrogens (tertiary/aromatic N) is 2. The van der Waals surface area contributed by atoms with Gasteiger partial charge < -0.3 is 14.6 Å². The number of benzene rings is 2. The molecule has 1 fully saturated rings. The average Bonchev–Trinajstić information content (AvgIpc) is 2.76. The Hall–Kier alpha value is -2.34. The highest BCUT2D eigenvalue weighted by Gasteiger charge is 2.26. The molecule has 1 heterocycles. The first kappa shape index (κ1) is 21.4. The second-order valence-electron chi connectivity index (χ2n) is 7.42. The lowest BCUT2D eigenvalue weighted by Crippen LogP contribution is -2.52. The molecule has 2 aromatic carbocycles. The van der Waals surface area contributed by atoms with Crippen molar-refractivity contribution in [2.75, 3.05) is 47.0 Å². The standard InChI is InChI=1S/C24H32N2O3/c1-28-23-10-8-20(9-11-23)6-4-13-25-14-15-26(22(19-25)12-16-27)18-21-5-3-7-24(17-21)29-2/h3-11,17,22,27H,12-16,18-19H2,1-2H3/b6-4+/t22-/m0/s1. The molecule has 5 nitrogen and oxygen atoms in total. The van der Waals surface area contributed by atoms with Gasteiger partial charge in [-0.15, -0.1) is 0 Å². The largest absolute Gasteiger partial charge is 0.497 e. The third kappa shape index (κ3) is 6.32. The maximum absolute atomic E-state index is 9.55. The molecule has 0 spiro atoms. The van der Waals surface area contributed by atoms with Crippen LogP contribution >= 0.6 is 0 Å². The third-order valence-electron chi connectivity index (χ3n) is 5.46. The number of ether oxygens (including phenoxy) is 2. The van der Waals surface area contributed by atoms with Crippen LogP contribution in [0.4, 0.5) is 0 Å². The van der Waals surface area contributed by atoms with E-state index in [4.69, 9.17) is 9.47 Å².